The summed E-state index contributed by atoms with van der Waals surface area (Å²) in [6, 6.07) is 8.07. The monoisotopic (exact) mass is 260 g/mol. The number of Topliss-reactive ketones (excluding diaryl/α,β-unsaturated/α-hetero) is 1. The molecule has 0 aromatic heterocycles. The van der Waals surface area contributed by atoms with Gasteiger partial charge in [-0.05, 0) is 36.7 Å². The fourth-order valence-corrected chi connectivity index (χ4v) is 2.42. The number of rotatable bonds is 4. The van der Waals surface area contributed by atoms with Crippen LogP contribution in [-0.4, -0.2) is 18.5 Å². The molecule has 1 aromatic carbocycles. The van der Waals surface area contributed by atoms with E-state index in [9.17, 15) is 4.79 Å². The van der Waals surface area contributed by atoms with Crippen LogP contribution in [0.3, 0.4) is 0 Å². The summed E-state index contributed by atoms with van der Waals surface area (Å²) in [4.78, 5) is 12.3. The smallest absolute Gasteiger partial charge is 0.191 e. The van der Waals surface area contributed by atoms with E-state index in [0.717, 1.165) is 37.9 Å². The van der Waals surface area contributed by atoms with E-state index in [1.807, 2.05) is 12.1 Å². The van der Waals surface area contributed by atoms with Crippen molar-refractivity contribution in [1.29, 1.82) is 0 Å². The normalized spacial score (nSPS) is 20.3. The third-order valence-electron chi connectivity index (χ3n) is 4.31. The second kappa shape index (κ2) is 5.87. The topological polar surface area (TPSA) is 26.3 Å². The fraction of sp³-hybridized carbons (Fsp3) is 0.588. The molecule has 0 amide bonds. The molecule has 2 rings (SSSR count). The van der Waals surface area contributed by atoms with Gasteiger partial charge in [-0.25, -0.2) is 0 Å². The number of carbonyl (C=O) groups is 1. The van der Waals surface area contributed by atoms with E-state index in [1.165, 1.54) is 5.56 Å². The van der Waals surface area contributed by atoms with Crippen molar-refractivity contribution in [2.24, 2.45) is 0 Å². The predicted octanol–water partition coefficient (Wildman–Crippen LogP) is 4.13. The van der Waals surface area contributed by atoms with Crippen molar-refractivity contribution in [1.82, 2.24) is 0 Å². The molecule has 0 aliphatic carbocycles. The highest BCUT2D eigenvalue weighted by Crippen LogP contribution is 2.27. The minimum Gasteiger partial charge on any atom is -0.370 e. The van der Waals surface area contributed by atoms with Gasteiger partial charge < -0.3 is 4.74 Å². The maximum atomic E-state index is 12.3. The molecule has 2 heteroatoms. The number of carbonyl (C=O) groups excluding carboxylic acids is 1. The van der Waals surface area contributed by atoms with Crippen molar-refractivity contribution in [3.05, 3.63) is 35.4 Å². The second-order valence-electron chi connectivity index (χ2n) is 6.03. The van der Waals surface area contributed by atoms with Gasteiger partial charge in [0, 0.05) is 12.2 Å². The summed E-state index contributed by atoms with van der Waals surface area (Å²) in [5, 5.41) is 0. The Hall–Kier alpha value is -1.15. The predicted molar refractivity (Wildman–Crippen MR) is 77.7 cm³/mol. The fourth-order valence-electron chi connectivity index (χ4n) is 2.42. The summed E-state index contributed by atoms with van der Waals surface area (Å²) in [6.07, 6.45) is 3.90. The summed E-state index contributed by atoms with van der Waals surface area (Å²) >= 11 is 0. The Morgan fingerprint density at radius 1 is 1.26 bits per heavy atom. The molecule has 0 N–H and O–H groups in total. The third-order valence-corrected chi connectivity index (χ3v) is 4.31. The van der Waals surface area contributed by atoms with Gasteiger partial charge in [-0.1, -0.05) is 45.0 Å². The molecule has 0 bridgehead atoms. The molecule has 2 nitrogen and oxygen atoms in total. The van der Waals surface area contributed by atoms with Gasteiger partial charge >= 0.3 is 0 Å². The Kier molecular flexibility index (Phi) is 4.41. The van der Waals surface area contributed by atoms with Crippen molar-refractivity contribution < 1.29 is 9.53 Å². The Morgan fingerprint density at radius 2 is 1.95 bits per heavy atom. The summed E-state index contributed by atoms with van der Waals surface area (Å²) in [7, 11) is 0. The SMILES string of the molecule is CCC(C)(C)c1ccc(C(=O)C2CCCCO2)cc1. The highest BCUT2D eigenvalue weighted by Gasteiger charge is 2.24. The molecule has 0 spiro atoms. The van der Waals surface area contributed by atoms with Gasteiger partial charge in [0.15, 0.2) is 5.78 Å². The summed E-state index contributed by atoms with van der Waals surface area (Å²) in [5.41, 5.74) is 2.24. The Labute approximate surface area is 116 Å². The molecule has 1 heterocycles. The number of hydrogen-bond donors (Lipinski definition) is 0. The first-order chi connectivity index (χ1) is 9.04. The van der Waals surface area contributed by atoms with Crippen LogP contribution >= 0.6 is 0 Å². The lowest BCUT2D eigenvalue weighted by atomic mass is 9.82. The van der Waals surface area contributed by atoms with Gasteiger partial charge in [0.05, 0.1) is 0 Å². The van der Waals surface area contributed by atoms with Crippen LogP contribution in [0.2, 0.25) is 0 Å². The molecule has 1 aromatic rings. The van der Waals surface area contributed by atoms with Gasteiger partial charge in [-0.3, -0.25) is 4.79 Å². The van der Waals surface area contributed by atoms with Gasteiger partial charge in [0.25, 0.3) is 0 Å². The van der Waals surface area contributed by atoms with E-state index in [1.54, 1.807) is 0 Å². The summed E-state index contributed by atoms with van der Waals surface area (Å²) in [5.74, 6) is 0.139. The zero-order chi connectivity index (χ0) is 13.9. The van der Waals surface area contributed by atoms with Crippen molar-refractivity contribution in [2.45, 2.75) is 58.0 Å². The molecular formula is C17H24O2. The summed E-state index contributed by atoms with van der Waals surface area (Å²) < 4.78 is 5.56. The van der Waals surface area contributed by atoms with Crippen LogP contribution in [0.1, 0.15) is 62.4 Å². The Balaban J connectivity index is 2.11. The molecule has 1 aliphatic rings. The lowest BCUT2D eigenvalue weighted by Gasteiger charge is -2.24. The van der Waals surface area contributed by atoms with E-state index in [0.29, 0.717) is 0 Å². The van der Waals surface area contributed by atoms with Crippen molar-refractivity contribution in [3.63, 3.8) is 0 Å². The van der Waals surface area contributed by atoms with Crippen LogP contribution in [0.15, 0.2) is 24.3 Å². The van der Waals surface area contributed by atoms with Crippen LogP contribution < -0.4 is 0 Å². The van der Waals surface area contributed by atoms with E-state index in [2.05, 4.69) is 32.9 Å². The van der Waals surface area contributed by atoms with E-state index in [4.69, 9.17) is 4.74 Å². The van der Waals surface area contributed by atoms with Crippen LogP contribution in [0, 0.1) is 0 Å². The first-order valence-electron chi connectivity index (χ1n) is 7.31. The Morgan fingerprint density at radius 3 is 2.47 bits per heavy atom. The van der Waals surface area contributed by atoms with Gasteiger partial charge in [0.2, 0.25) is 0 Å². The lowest BCUT2D eigenvalue weighted by Crippen LogP contribution is -2.28. The zero-order valence-corrected chi connectivity index (χ0v) is 12.2. The van der Waals surface area contributed by atoms with Gasteiger partial charge in [-0.15, -0.1) is 0 Å². The standard InChI is InChI=1S/C17H24O2/c1-4-17(2,3)14-10-8-13(9-11-14)16(18)15-7-5-6-12-19-15/h8-11,15H,4-7,12H2,1-3H3. The van der Waals surface area contributed by atoms with Crippen LogP contribution in [0.25, 0.3) is 0 Å². The highest BCUT2D eigenvalue weighted by molar-refractivity contribution is 5.99. The largest absolute Gasteiger partial charge is 0.370 e. The van der Waals surface area contributed by atoms with Gasteiger partial charge in [-0.2, -0.15) is 0 Å². The number of benzene rings is 1. The average molecular weight is 260 g/mol. The number of hydrogen-bond acceptors (Lipinski definition) is 2. The molecule has 19 heavy (non-hydrogen) atoms. The van der Waals surface area contributed by atoms with Crippen LogP contribution in [0.5, 0.6) is 0 Å². The lowest BCUT2D eigenvalue weighted by molar-refractivity contribution is 0.0186. The van der Waals surface area contributed by atoms with E-state index >= 15 is 0 Å². The van der Waals surface area contributed by atoms with E-state index in [-0.39, 0.29) is 17.3 Å². The highest BCUT2D eigenvalue weighted by atomic mass is 16.5. The molecule has 1 saturated heterocycles. The molecule has 0 radical (unpaired) electrons. The van der Waals surface area contributed by atoms with Crippen LogP contribution in [0.4, 0.5) is 0 Å². The first kappa shape index (κ1) is 14.3. The first-order valence-corrected chi connectivity index (χ1v) is 7.31. The summed E-state index contributed by atoms with van der Waals surface area (Å²) in [6.45, 7) is 7.37. The molecule has 104 valence electrons. The molecule has 1 atom stereocenters. The molecule has 1 unspecified atom stereocenters. The quantitative estimate of drug-likeness (QED) is 0.761. The third kappa shape index (κ3) is 3.24. The molecule has 0 saturated carbocycles. The van der Waals surface area contributed by atoms with Crippen molar-refractivity contribution in [3.8, 4) is 0 Å². The zero-order valence-electron chi connectivity index (χ0n) is 12.2. The maximum absolute atomic E-state index is 12.3. The minimum absolute atomic E-state index is 0.139. The molecule has 1 fully saturated rings. The van der Waals surface area contributed by atoms with Crippen molar-refractivity contribution >= 4 is 5.78 Å². The average Bonchev–Trinajstić information content (AvgIpc) is 2.47. The maximum Gasteiger partial charge on any atom is 0.191 e. The molecular weight excluding hydrogens is 236 g/mol. The van der Waals surface area contributed by atoms with Crippen molar-refractivity contribution in [2.75, 3.05) is 6.61 Å². The molecule has 1 aliphatic heterocycles. The van der Waals surface area contributed by atoms with E-state index < -0.39 is 0 Å². The van der Waals surface area contributed by atoms with Gasteiger partial charge in [0.1, 0.15) is 6.10 Å². The Bertz CT molecular complexity index is 425. The number of ether oxygens (including phenoxy) is 1. The second-order valence-corrected chi connectivity index (χ2v) is 6.03. The minimum atomic E-state index is -0.223. The van der Waals surface area contributed by atoms with Crippen LogP contribution in [-0.2, 0) is 10.2 Å². The number of ketones is 1.